The standard InChI is InChI=1S/C11H10FNO3/c1-15-10-5-8-6(3-7(10)12)4-9(13-8)11(14)16-2/h3-5,13H,1-2H3. The minimum atomic E-state index is -0.490. The first kappa shape index (κ1) is 10.5. The second kappa shape index (κ2) is 3.84. The summed E-state index contributed by atoms with van der Waals surface area (Å²) in [5.74, 6) is -0.827. The molecule has 0 amide bonds. The normalized spacial score (nSPS) is 10.4. The fraction of sp³-hybridized carbons (Fsp3) is 0.182. The van der Waals surface area contributed by atoms with Crippen LogP contribution in [0, 0.1) is 5.82 Å². The van der Waals surface area contributed by atoms with Crippen LogP contribution >= 0.6 is 0 Å². The molecule has 0 unspecified atom stereocenters. The summed E-state index contributed by atoms with van der Waals surface area (Å²) in [5, 5.41) is 0.596. The van der Waals surface area contributed by atoms with Gasteiger partial charge in [0, 0.05) is 17.0 Å². The van der Waals surface area contributed by atoms with E-state index in [1.807, 2.05) is 0 Å². The molecule has 16 heavy (non-hydrogen) atoms. The molecule has 5 heteroatoms. The van der Waals surface area contributed by atoms with Crippen molar-refractivity contribution in [2.75, 3.05) is 14.2 Å². The molecule has 1 aromatic heterocycles. The number of carbonyl (C=O) groups is 1. The average Bonchev–Trinajstić information content (AvgIpc) is 2.69. The van der Waals surface area contributed by atoms with Gasteiger partial charge in [-0.1, -0.05) is 0 Å². The largest absolute Gasteiger partial charge is 0.494 e. The van der Waals surface area contributed by atoms with Crippen LogP contribution in [-0.2, 0) is 4.74 Å². The van der Waals surface area contributed by atoms with E-state index >= 15 is 0 Å². The quantitative estimate of drug-likeness (QED) is 0.793. The van der Waals surface area contributed by atoms with E-state index < -0.39 is 11.8 Å². The maximum Gasteiger partial charge on any atom is 0.354 e. The van der Waals surface area contributed by atoms with E-state index in [1.54, 1.807) is 0 Å². The first-order chi connectivity index (χ1) is 7.65. The number of benzene rings is 1. The van der Waals surface area contributed by atoms with Crippen molar-refractivity contribution in [3.8, 4) is 5.75 Å². The van der Waals surface area contributed by atoms with E-state index in [9.17, 15) is 9.18 Å². The number of aromatic amines is 1. The number of halogens is 1. The van der Waals surface area contributed by atoms with Crippen LogP contribution in [0.3, 0.4) is 0 Å². The number of carbonyl (C=O) groups excluding carboxylic acids is 1. The minimum Gasteiger partial charge on any atom is -0.494 e. The maximum atomic E-state index is 13.4. The van der Waals surface area contributed by atoms with Gasteiger partial charge in [0.25, 0.3) is 0 Å². The van der Waals surface area contributed by atoms with Crippen LogP contribution in [0.15, 0.2) is 18.2 Å². The average molecular weight is 223 g/mol. The molecule has 0 bridgehead atoms. The Morgan fingerprint density at radius 3 is 2.69 bits per heavy atom. The molecule has 0 atom stereocenters. The van der Waals surface area contributed by atoms with Gasteiger partial charge >= 0.3 is 5.97 Å². The zero-order chi connectivity index (χ0) is 11.7. The third kappa shape index (κ3) is 1.60. The van der Waals surface area contributed by atoms with Crippen molar-refractivity contribution in [2.45, 2.75) is 0 Å². The number of nitrogens with one attached hydrogen (secondary N) is 1. The lowest BCUT2D eigenvalue weighted by molar-refractivity contribution is 0.0595. The Labute approximate surface area is 91.0 Å². The molecule has 0 saturated heterocycles. The van der Waals surface area contributed by atoms with Crippen molar-refractivity contribution < 1.29 is 18.7 Å². The highest BCUT2D eigenvalue weighted by Gasteiger charge is 2.12. The van der Waals surface area contributed by atoms with Crippen molar-refractivity contribution in [3.63, 3.8) is 0 Å². The van der Waals surface area contributed by atoms with Gasteiger partial charge in [0.1, 0.15) is 5.69 Å². The van der Waals surface area contributed by atoms with E-state index in [1.165, 1.54) is 32.4 Å². The van der Waals surface area contributed by atoms with Crippen LogP contribution in [0.4, 0.5) is 4.39 Å². The highest BCUT2D eigenvalue weighted by Crippen LogP contribution is 2.25. The van der Waals surface area contributed by atoms with Gasteiger partial charge in [-0.15, -0.1) is 0 Å². The Balaban J connectivity index is 2.58. The number of ether oxygens (including phenoxy) is 2. The number of aromatic nitrogens is 1. The van der Waals surface area contributed by atoms with E-state index in [2.05, 4.69) is 9.72 Å². The summed E-state index contributed by atoms with van der Waals surface area (Å²) in [4.78, 5) is 14.1. The van der Waals surface area contributed by atoms with Gasteiger partial charge in [-0.25, -0.2) is 9.18 Å². The molecule has 0 aliphatic rings. The van der Waals surface area contributed by atoms with Crippen LogP contribution in [0.1, 0.15) is 10.5 Å². The molecule has 0 fully saturated rings. The lowest BCUT2D eigenvalue weighted by Gasteiger charge is -2.00. The van der Waals surface area contributed by atoms with Crippen LogP contribution < -0.4 is 4.74 Å². The van der Waals surface area contributed by atoms with Crippen molar-refractivity contribution in [3.05, 3.63) is 29.7 Å². The van der Waals surface area contributed by atoms with Crippen LogP contribution in [0.25, 0.3) is 10.9 Å². The zero-order valence-electron chi connectivity index (χ0n) is 8.83. The zero-order valence-corrected chi connectivity index (χ0v) is 8.83. The molecule has 4 nitrogen and oxygen atoms in total. The number of hydrogen-bond donors (Lipinski definition) is 1. The highest BCUT2D eigenvalue weighted by molar-refractivity contribution is 5.95. The molecule has 84 valence electrons. The molecule has 2 aromatic rings. The maximum absolute atomic E-state index is 13.4. The predicted molar refractivity (Wildman–Crippen MR) is 56.1 cm³/mol. The van der Waals surface area contributed by atoms with Gasteiger partial charge in [-0.05, 0) is 12.1 Å². The summed E-state index contributed by atoms with van der Waals surface area (Å²) in [6, 6.07) is 4.33. The van der Waals surface area contributed by atoms with Gasteiger partial charge in [0.05, 0.1) is 14.2 Å². The molecule has 0 saturated carbocycles. The molecule has 0 radical (unpaired) electrons. The van der Waals surface area contributed by atoms with Gasteiger partial charge in [-0.2, -0.15) is 0 Å². The Morgan fingerprint density at radius 1 is 1.31 bits per heavy atom. The third-order valence-electron chi connectivity index (χ3n) is 2.30. The number of rotatable bonds is 2. The Bertz CT molecular complexity index is 547. The lowest BCUT2D eigenvalue weighted by atomic mass is 10.2. The summed E-state index contributed by atoms with van der Waals surface area (Å²) < 4.78 is 22.8. The third-order valence-corrected chi connectivity index (χ3v) is 2.30. The van der Waals surface area contributed by atoms with Crippen LogP contribution in [0.2, 0.25) is 0 Å². The van der Waals surface area contributed by atoms with Crippen molar-refractivity contribution >= 4 is 16.9 Å². The molecule has 1 N–H and O–H groups in total. The molecular weight excluding hydrogens is 213 g/mol. The predicted octanol–water partition coefficient (Wildman–Crippen LogP) is 2.10. The van der Waals surface area contributed by atoms with E-state index in [0.717, 1.165) is 0 Å². The molecule has 0 aliphatic carbocycles. The first-order valence-electron chi connectivity index (χ1n) is 4.60. The number of H-pyrrole nitrogens is 1. The van der Waals surface area contributed by atoms with Crippen LogP contribution in [-0.4, -0.2) is 25.2 Å². The molecule has 1 aromatic carbocycles. The SMILES string of the molecule is COC(=O)c1cc2cc(F)c(OC)cc2[nH]1. The fourth-order valence-corrected chi connectivity index (χ4v) is 1.51. The monoisotopic (exact) mass is 223 g/mol. The topological polar surface area (TPSA) is 51.3 Å². The van der Waals surface area contributed by atoms with E-state index in [0.29, 0.717) is 10.9 Å². The summed E-state index contributed by atoms with van der Waals surface area (Å²) in [7, 11) is 2.67. The smallest absolute Gasteiger partial charge is 0.354 e. The first-order valence-corrected chi connectivity index (χ1v) is 4.60. The Hall–Kier alpha value is -2.04. The van der Waals surface area contributed by atoms with Gasteiger partial charge in [0.2, 0.25) is 0 Å². The van der Waals surface area contributed by atoms with Gasteiger partial charge < -0.3 is 14.5 Å². The summed E-state index contributed by atoms with van der Waals surface area (Å²) in [5.41, 5.74) is 0.906. The summed E-state index contributed by atoms with van der Waals surface area (Å²) in [6.07, 6.45) is 0. The number of esters is 1. The Morgan fingerprint density at radius 2 is 2.06 bits per heavy atom. The van der Waals surface area contributed by atoms with E-state index in [4.69, 9.17) is 4.74 Å². The fourth-order valence-electron chi connectivity index (χ4n) is 1.51. The van der Waals surface area contributed by atoms with Gasteiger partial charge in [-0.3, -0.25) is 0 Å². The van der Waals surface area contributed by atoms with Crippen molar-refractivity contribution in [1.82, 2.24) is 4.98 Å². The van der Waals surface area contributed by atoms with Crippen LogP contribution in [0.5, 0.6) is 5.75 Å². The second-order valence-corrected chi connectivity index (χ2v) is 3.25. The molecule has 1 heterocycles. The molecule has 0 spiro atoms. The number of methoxy groups -OCH3 is 2. The number of hydrogen-bond acceptors (Lipinski definition) is 3. The summed E-state index contributed by atoms with van der Waals surface area (Å²) >= 11 is 0. The van der Waals surface area contributed by atoms with Crippen molar-refractivity contribution in [1.29, 1.82) is 0 Å². The van der Waals surface area contributed by atoms with Gasteiger partial charge in [0.15, 0.2) is 11.6 Å². The minimum absolute atomic E-state index is 0.130. The second-order valence-electron chi connectivity index (χ2n) is 3.25. The lowest BCUT2D eigenvalue weighted by Crippen LogP contribution is -2.00. The molecule has 0 aliphatic heterocycles. The van der Waals surface area contributed by atoms with E-state index in [-0.39, 0.29) is 11.4 Å². The molecular formula is C11H10FNO3. The Kier molecular flexibility index (Phi) is 2.52. The number of fused-ring (bicyclic) bond motifs is 1. The highest BCUT2D eigenvalue weighted by atomic mass is 19.1. The molecule has 2 rings (SSSR count). The van der Waals surface area contributed by atoms with Crippen molar-refractivity contribution in [2.24, 2.45) is 0 Å². The summed E-state index contributed by atoms with van der Waals surface area (Å²) in [6.45, 7) is 0.